The molecule has 1 fully saturated rings. The van der Waals surface area contributed by atoms with Gasteiger partial charge in [-0.3, -0.25) is 8.98 Å². The van der Waals surface area contributed by atoms with Crippen LogP contribution in [0.15, 0.2) is 12.2 Å². The highest BCUT2D eigenvalue weighted by molar-refractivity contribution is 7.80. The monoisotopic (exact) mass is 304 g/mol. The van der Waals surface area contributed by atoms with Gasteiger partial charge in [-0.2, -0.15) is 0 Å². The Bertz CT molecular complexity index is 480. The Morgan fingerprint density at radius 1 is 1.40 bits per heavy atom. The molecule has 0 unspecified atom stereocenters. The van der Waals surface area contributed by atoms with Gasteiger partial charge < -0.3 is 14.5 Å². The smallest absolute Gasteiger partial charge is 0.217 e. The number of hydrogen-bond acceptors (Lipinski definition) is 7. The highest BCUT2D eigenvalue weighted by Gasteiger charge is 2.33. The van der Waals surface area contributed by atoms with Gasteiger partial charge >= 0.3 is 0 Å². The Morgan fingerprint density at radius 3 is 2.70 bits per heavy atom. The van der Waals surface area contributed by atoms with Crippen LogP contribution in [-0.2, 0) is 24.2 Å². The Balaban J connectivity index is 2.35. The molecule has 0 spiro atoms. The third kappa shape index (κ3) is 6.27. The second-order valence-corrected chi connectivity index (χ2v) is 5.73. The zero-order valence-corrected chi connectivity index (χ0v) is 11.6. The summed E-state index contributed by atoms with van der Waals surface area (Å²) in [7, 11) is -4.67. The van der Waals surface area contributed by atoms with Crippen LogP contribution in [0.1, 0.15) is 32.1 Å². The summed E-state index contributed by atoms with van der Waals surface area (Å²) in [6.45, 7) is -0.247. The number of hydrogen-bond donors (Lipinski definition) is 0. The predicted molar refractivity (Wildman–Crippen MR) is 64.9 cm³/mol. The van der Waals surface area contributed by atoms with Crippen molar-refractivity contribution in [2.24, 2.45) is 11.8 Å². The van der Waals surface area contributed by atoms with Gasteiger partial charge in [0.05, 0.1) is 6.61 Å². The summed E-state index contributed by atoms with van der Waals surface area (Å²) < 4.78 is 34.5. The topological polar surface area (TPSA) is 124 Å². The molecular weight excluding hydrogens is 288 g/mol. The van der Waals surface area contributed by atoms with Crippen LogP contribution < -0.4 is 5.11 Å². The van der Waals surface area contributed by atoms with Gasteiger partial charge in [0.15, 0.2) is 0 Å². The van der Waals surface area contributed by atoms with Gasteiger partial charge in [-0.25, -0.2) is 8.42 Å². The number of aliphatic carboxylic acids is 1. The fraction of sp³-hybridized carbons (Fsp3) is 0.667. The maximum atomic E-state index is 11.6. The molecule has 1 saturated carbocycles. The Kier molecular flexibility index (Phi) is 6.31. The molecule has 0 aromatic carbocycles. The quantitative estimate of drug-likeness (QED) is 0.257. The number of rotatable bonds is 8. The van der Waals surface area contributed by atoms with E-state index in [0.717, 1.165) is 0 Å². The maximum absolute atomic E-state index is 11.6. The first-order chi connectivity index (χ1) is 9.29. The molecule has 1 aliphatic carbocycles. The zero-order valence-electron chi connectivity index (χ0n) is 10.8. The molecule has 20 heavy (non-hydrogen) atoms. The minimum atomic E-state index is -4.67. The zero-order chi connectivity index (χ0) is 15.2. The van der Waals surface area contributed by atoms with Crippen molar-refractivity contribution in [3.05, 3.63) is 12.2 Å². The molecule has 7 nitrogen and oxygen atoms in total. The number of carboxylic acid groups (broad SMARTS) is 1. The summed E-state index contributed by atoms with van der Waals surface area (Å²) >= 11 is 0. The molecule has 0 heterocycles. The Hall–Kier alpha value is -1.25. The summed E-state index contributed by atoms with van der Waals surface area (Å²) in [4.78, 5) is 22.2. The lowest BCUT2D eigenvalue weighted by Gasteiger charge is -2.17. The predicted octanol–water partition coefficient (Wildman–Crippen LogP) is -0.465. The second kappa shape index (κ2) is 7.51. The second-order valence-electron chi connectivity index (χ2n) is 4.67. The lowest BCUT2D eigenvalue weighted by molar-refractivity contribution is -0.307. The van der Waals surface area contributed by atoms with Crippen LogP contribution in [0.3, 0.4) is 0 Å². The normalized spacial score (nSPS) is 23.6. The SMILES string of the molecule is O=C([O-])C[C@H]1CCC(=O)[C@H]1C/C=C\CCOS(=O)(=O)[O-]. The summed E-state index contributed by atoms with van der Waals surface area (Å²) in [5.74, 6) is -1.64. The molecule has 0 N–H and O–H groups in total. The molecule has 0 bridgehead atoms. The van der Waals surface area contributed by atoms with Crippen LogP contribution in [-0.4, -0.2) is 31.3 Å². The number of ketones is 1. The lowest BCUT2D eigenvalue weighted by atomic mass is 9.89. The van der Waals surface area contributed by atoms with E-state index >= 15 is 0 Å². The van der Waals surface area contributed by atoms with Gasteiger partial charge in [-0.05, 0) is 31.6 Å². The van der Waals surface area contributed by atoms with Crippen LogP contribution in [0.5, 0.6) is 0 Å². The number of allylic oxidation sites excluding steroid dienone is 1. The lowest BCUT2D eigenvalue weighted by Crippen LogP contribution is -2.27. The van der Waals surface area contributed by atoms with Crippen molar-refractivity contribution in [1.82, 2.24) is 0 Å². The Morgan fingerprint density at radius 2 is 2.10 bits per heavy atom. The molecule has 114 valence electrons. The minimum Gasteiger partial charge on any atom is -0.726 e. The van der Waals surface area contributed by atoms with Gasteiger partial charge in [-0.1, -0.05) is 12.2 Å². The van der Waals surface area contributed by atoms with Crippen LogP contribution in [0.2, 0.25) is 0 Å². The average molecular weight is 304 g/mol. The molecule has 0 radical (unpaired) electrons. The van der Waals surface area contributed by atoms with E-state index in [-0.39, 0.29) is 37.1 Å². The van der Waals surface area contributed by atoms with Crippen LogP contribution >= 0.6 is 0 Å². The molecular formula is C12H16O7S-2. The maximum Gasteiger partial charge on any atom is 0.217 e. The third-order valence-electron chi connectivity index (χ3n) is 3.24. The van der Waals surface area contributed by atoms with Crippen molar-refractivity contribution in [2.75, 3.05) is 6.61 Å². The minimum absolute atomic E-state index is 0.0410. The molecule has 0 aromatic rings. The van der Waals surface area contributed by atoms with Crippen LogP contribution in [0, 0.1) is 11.8 Å². The largest absolute Gasteiger partial charge is 0.726 e. The van der Waals surface area contributed by atoms with Crippen molar-refractivity contribution < 1.29 is 31.8 Å². The average Bonchev–Trinajstić information content (AvgIpc) is 2.63. The van der Waals surface area contributed by atoms with Crippen LogP contribution in [0.25, 0.3) is 0 Å². The number of Topliss-reactive ketones (excluding diaryl/α,β-unsaturated/α-hetero) is 1. The molecule has 0 aliphatic heterocycles. The first-order valence-corrected chi connectivity index (χ1v) is 7.60. The summed E-state index contributed by atoms with van der Waals surface area (Å²) in [5.41, 5.74) is 0. The van der Waals surface area contributed by atoms with Crippen molar-refractivity contribution in [3.8, 4) is 0 Å². The summed E-state index contributed by atoms with van der Waals surface area (Å²) in [5, 5.41) is 10.6. The molecule has 0 amide bonds. The van der Waals surface area contributed by atoms with E-state index in [1.54, 1.807) is 12.2 Å². The van der Waals surface area contributed by atoms with E-state index in [0.29, 0.717) is 19.3 Å². The molecule has 0 aromatic heterocycles. The van der Waals surface area contributed by atoms with Gasteiger partial charge in [0.2, 0.25) is 10.4 Å². The fourth-order valence-electron chi connectivity index (χ4n) is 2.34. The fourth-order valence-corrected chi connectivity index (χ4v) is 2.64. The summed E-state index contributed by atoms with van der Waals surface area (Å²) in [6, 6.07) is 0. The van der Waals surface area contributed by atoms with Gasteiger partial charge in [-0.15, -0.1) is 0 Å². The van der Waals surface area contributed by atoms with Crippen molar-refractivity contribution in [2.45, 2.75) is 32.1 Å². The highest BCUT2D eigenvalue weighted by atomic mass is 32.3. The molecule has 2 atom stereocenters. The first kappa shape index (κ1) is 16.8. The van der Waals surface area contributed by atoms with E-state index in [1.165, 1.54) is 0 Å². The molecule has 8 heteroatoms. The highest BCUT2D eigenvalue weighted by Crippen LogP contribution is 2.33. The Labute approximate surface area is 117 Å². The molecule has 1 rings (SSSR count). The van der Waals surface area contributed by atoms with Gasteiger partial charge in [0, 0.05) is 18.3 Å². The van der Waals surface area contributed by atoms with Gasteiger partial charge in [0.1, 0.15) is 5.78 Å². The van der Waals surface area contributed by atoms with E-state index in [4.69, 9.17) is 0 Å². The van der Waals surface area contributed by atoms with E-state index in [1.807, 2.05) is 0 Å². The van der Waals surface area contributed by atoms with Crippen LogP contribution in [0.4, 0.5) is 0 Å². The first-order valence-electron chi connectivity index (χ1n) is 6.27. The van der Waals surface area contributed by atoms with Crippen molar-refractivity contribution in [3.63, 3.8) is 0 Å². The van der Waals surface area contributed by atoms with E-state index < -0.39 is 16.4 Å². The number of carbonyl (C=O) groups is 2. The summed E-state index contributed by atoms with van der Waals surface area (Å²) in [6.07, 6.45) is 4.73. The van der Waals surface area contributed by atoms with Gasteiger partial charge in [0.25, 0.3) is 0 Å². The third-order valence-corrected chi connectivity index (χ3v) is 3.70. The molecule has 1 aliphatic rings. The van der Waals surface area contributed by atoms with E-state index in [2.05, 4.69) is 4.18 Å². The van der Waals surface area contributed by atoms with Crippen molar-refractivity contribution in [1.29, 1.82) is 0 Å². The molecule has 0 saturated heterocycles. The van der Waals surface area contributed by atoms with Crippen molar-refractivity contribution >= 4 is 22.2 Å². The number of carbonyl (C=O) groups excluding carboxylic acids is 2. The van der Waals surface area contributed by atoms with E-state index in [9.17, 15) is 27.7 Å². The standard InChI is InChI=1S/C12H18O7S/c13-11-6-5-9(8-12(14)15)10(11)4-2-1-3-7-19-20(16,17)18/h1-2,9-10H,3-8H2,(H,14,15)(H,16,17,18)/p-2/b2-1-/t9-,10+/m1/s1. The number of carboxylic acids is 1.